The van der Waals surface area contributed by atoms with Gasteiger partial charge in [-0.2, -0.15) is 0 Å². The lowest BCUT2D eigenvalue weighted by Gasteiger charge is -1.96. The monoisotopic (exact) mass is 288 g/mol. The number of rotatable bonds is 12. The van der Waals surface area contributed by atoms with Crippen LogP contribution in [0.4, 0.5) is 0 Å². The zero-order valence-electron chi connectivity index (χ0n) is 13.9. The first-order chi connectivity index (χ1) is 8.83. The van der Waals surface area contributed by atoms with Gasteiger partial charge in [-0.25, -0.2) is 0 Å². The van der Waals surface area contributed by atoms with Crippen molar-refractivity contribution < 1.29 is 0 Å². The van der Waals surface area contributed by atoms with Crippen LogP contribution in [0.2, 0.25) is 12.1 Å². The molecule has 0 aliphatic heterocycles. The standard InChI is InChI=1S/2C8H20Si/c2*1-2-3-4-5-6-7-8-9/h2*2-8H2,1,9H3. The normalized spacial score (nSPS) is 10.3. The molecule has 0 bridgehead atoms. The summed E-state index contributed by atoms with van der Waals surface area (Å²) in [5.41, 5.74) is 0. The molecule has 0 rings (SSSR count). The summed E-state index contributed by atoms with van der Waals surface area (Å²) in [5.74, 6) is 0. The second-order valence-corrected chi connectivity index (χ2v) is 7.54. The molecule has 18 heavy (non-hydrogen) atoms. The van der Waals surface area contributed by atoms with E-state index in [2.05, 4.69) is 13.8 Å². The highest BCUT2D eigenvalue weighted by Crippen LogP contribution is 2.06. The highest BCUT2D eigenvalue weighted by molar-refractivity contribution is 6.08. The summed E-state index contributed by atoms with van der Waals surface area (Å²) in [6.45, 7) is 4.54. The molecule has 0 aliphatic rings. The van der Waals surface area contributed by atoms with Crippen molar-refractivity contribution in [2.24, 2.45) is 0 Å². The van der Waals surface area contributed by atoms with Crippen molar-refractivity contribution in [3.63, 3.8) is 0 Å². The molecular formula is C16H40Si2. The van der Waals surface area contributed by atoms with E-state index in [9.17, 15) is 0 Å². The van der Waals surface area contributed by atoms with Crippen LogP contribution < -0.4 is 0 Å². The van der Waals surface area contributed by atoms with E-state index in [0.717, 1.165) is 0 Å². The van der Waals surface area contributed by atoms with Crippen LogP contribution in [0.5, 0.6) is 0 Å². The summed E-state index contributed by atoms with van der Waals surface area (Å²) in [6, 6.07) is 3.01. The molecule has 0 heterocycles. The highest BCUT2D eigenvalue weighted by atomic mass is 28.1. The molecule has 0 aromatic rings. The number of hydrogen-bond donors (Lipinski definition) is 0. The van der Waals surface area contributed by atoms with E-state index in [-0.39, 0.29) is 0 Å². The molecule has 0 fully saturated rings. The van der Waals surface area contributed by atoms with Crippen LogP contribution in [-0.4, -0.2) is 20.5 Å². The smallest absolute Gasteiger partial charge is 0.00279 e. The Kier molecular flexibility index (Phi) is 26.0. The van der Waals surface area contributed by atoms with Crippen LogP contribution in [0.3, 0.4) is 0 Å². The van der Waals surface area contributed by atoms with Crippen molar-refractivity contribution in [2.45, 2.75) is 103 Å². The average molecular weight is 289 g/mol. The quantitative estimate of drug-likeness (QED) is 0.372. The van der Waals surface area contributed by atoms with Crippen molar-refractivity contribution in [2.75, 3.05) is 0 Å². The average Bonchev–Trinajstić information content (AvgIpc) is 2.39. The van der Waals surface area contributed by atoms with Gasteiger partial charge in [-0.3, -0.25) is 0 Å². The van der Waals surface area contributed by atoms with Crippen molar-refractivity contribution >= 4 is 20.5 Å². The van der Waals surface area contributed by atoms with Gasteiger partial charge in [0.2, 0.25) is 0 Å². The summed E-state index contributed by atoms with van der Waals surface area (Å²) < 4.78 is 0. The highest BCUT2D eigenvalue weighted by Gasteiger charge is 1.86. The summed E-state index contributed by atoms with van der Waals surface area (Å²) >= 11 is 0. The Labute approximate surface area is 124 Å². The third kappa shape index (κ3) is 25.3. The molecule has 0 amide bonds. The molecule has 0 atom stereocenters. The Morgan fingerprint density at radius 2 is 0.722 bits per heavy atom. The lowest BCUT2D eigenvalue weighted by atomic mass is 10.1. The van der Waals surface area contributed by atoms with Gasteiger partial charge in [0.15, 0.2) is 0 Å². The van der Waals surface area contributed by atoms with Gasteiger partial charge < -0.3 is 0 Å². The van der Waals surface area contributed by atoms with E-state index in [1.54, 1.807) is 0 Å². The summed E-state index contributed by atoms with van der Waals surface area (Å²) in [7, 11) is 2.82. The van der Waals surface area contributed by atoms with Crippen molar-refractivity contribution in [3.05, 3.63) is 0 Å². The first-order valence-electron chi connectivity index (χ1n) is 8.83. The van der Waals surface area contributed by atoms with Crippen molar-refractivity contribution in [3.8, 4) is 0 Å². The van der Waals surface area contributed by atoms with Crippen LogP contribution in [0.1, 0.15) is 90.9 Å². The maximum Gasteiger partial charge on any atom is 0.00279 e. The Bertz CT molecular complexity index is 89.7. The number of hydrogen-bond acceptors (Lipinski definition) is 0. The van der Waals surface area contributed by atoms with Gasteiger partial charge >= 0.3 is 0 Å². The molecule has 0 spiro atoms. The molecule has 0 saturated carbocycles. The van der Waals surface area contributed by atoms with Crippen LogP contribution in [0.25, 0.3) is 0 Å². The lowest BCUT2D eigenvalue weighted by Crippen LogP contribution is -1.77. The zero-order valence-corrected chi connectivity index (χ0v) is 17.9. The first kappa shape index (κ1) is 20.7. The van der Waals surface area contributed by atoms with Gasteiger partial charge in [-0.15, -0.1) is 0 Å². The van der Waals surface area contributed by atoms with E-state index in [1.165, 1.54) is 110 Å². The lowest BCUT2D eigenvalue weighted by molar-refractivity contribution is 0.624. The van der Waals surface area contributed by atoms with E-state index >= 15 is 0 Å². The molecule has 0 N–H and O–H groups in total. The third-order valence-corrected chi connectivity index (χ3v) is 4.83. The van der Waals surface area contributed by atoms with Gasteiger partial charge in [0.1, 0.15) is 0 Å². The second kappa shape index (κ2) is 22.6. The summed E-state index contributed by atoms with van der Waals surface area (Å²) in [5, 5.41) is 0. The molecular weight excluding hydrogens is 248 g/mol. The maximum absolute atomic E-state index is 2.27. The Balaban J connectivity index is 0. The predicted octanol–water partition coefficient (Wildman–Crippen LogP) is 4.26. The number of unbranched alkanes of at least 4 members (excludes halogenated alkanes) is 10. The van der Waals surface area contributed by atoms with Crippen LogP contribution in [0.15, 0.2) is 0 Å². The minimum atomic E-state index is 1.38. The molecule has 112 valence electrons. The van der Waals surface area contributed by atoms with Gasteiger partial charge in [-0.05, 0) is 0 Å². The van der Waals surface area contributed by atoms with E-state index in [1.807, 2.05) is 0 Å². The molecule has 2 heteroatoms. The second-order valence-electron chi connectivity index (χ2n) is 5.54. The molecule has 0 aliphatic carbocycles. The topological polar surface area (TPSA) is 0 Å². The van der Waals surface area contributed by atoms with Crippen LogP contribution in [-0.2, 0) is 0 Å². The largest absolute Gasteiger partial charge is 0.0658 e. The van der Waals surface area contributed by atoms with Gasteiger partial charge in [-0.1, -0.05) is 103 Å². The molecule has 0 unspecified atom stereocenters. The molecule has 0 aromatic heterocycles. The molecule has 0 saturated heterocycles. The predicted molar refractivity (Wildman–Crippen MR) is 96.2 cm³/mol. The summed E-state index contributed by atoms with van der Waals surface area (Å²) in [4.78, 5) is 0. The SMILES string of the molecule is CCCCCCCC[SiH3].CCCCCCCC[SiH3]. The van der Waals surface area contributed by atoms with Crippen LogP contribution >= 0.6 is 0 Å². The fourth-order valence-corrected chi connectivity index (χ4v) is 3.06. The Morgan fingerprint density at radius 1 is 0.444 bits per heavy atom. The summed E-state index contributed by atoms with van der Waals surface area (Å²) in [6.07, 6.45) is 17.5. The van der Waals surface area contributed by atoms with E-state index in [4.69, 9.17) is 0 Å². The molecule has 0 nitrogen and oxygen atoms in total. The fourth-order valence-electron chi connectivity index (χ4n) is 2.06. The maximum atomic E-state index is 2.27. The van der Waals surface area contributed by atoms with E-state index in [0.29, 0.717) is 0 Å². The van der Waals surface area contributed by atoms with Crippen LogP contribution in [0, 0.1) is 0 Å². The zero-order chi connectivity index (χ0) is 13.9. The minimum absolute atomic E-state index is 1.38. The Morgan fingerprint density at radius 3 is 1.00 bits per heavy atom. The van der Waals surface area contributed by atoms with E-state index < -0.39 is 0 Å². The van der Waals surface area contributed by atoms with Gasteiger partial charge in [0.25, 0.3) is 0 Å². The molecule has 0 aromatic carbocycles. The Hall–Kier alpha value is 0.434. The van der Waals surface area contributed by atoms with Gasteiger partial charge in [0.05, 0.1) is 0 Å². The van der Waals surface area contributed by atoms with Crippen molar-refractivity contribution in [1.82, 2.24) is 0 Å². The third-order valence-electron chi connectivity index (χ3n) is 3.41. The minimum Gasteiger partial charge on any atom is -0.0658 e. The van der Waals surface area contributed by atoms with Gasteiger partial charge in [0, 0.05) is 20.5 Å². The fraction of sp³-hybridized carbons (Fsp3) is 1.00. The van der Waals surface area contributed by atoms with Crippen molar-refractivity contribution in [1.29, 1.82) is 0 Å². The molecule has 0 radical (unpaired) electrons. The first-order valence-corrected chi connectivity index (χ1v) is 11.7.